The van der Waals surface area contributed by atoms with Crippen molar-refractivity contribution in [3.8, 4) is 5.75 Å². The van der Waals surface area contributed by atoms with Gasteiger partial charge in [0.15, 0.2) is 11.6 Å². The molecule has 0 radical (unpaired) electrons. The van der Waals surface area contributed by atoms with E-state index in [9.17, 15) is 4.39 Å². The Balaban J connectivity index is 1.93. The second-order valence-corrected chi connectivity index (χ2v) is 6.49. The van der Waals surface area contributed by atoms with Crippen LogP contribution in [0.15, 0.2) is 48.5 Å². The Morgan fingerprint density at radius 2 is 1.82 bits per heavy atom. The van der Waals surface area contributed by atoms with Gasteiger partial charge in [-0.25, -0.2) is 4.39 Å². The molecule has 0 bridgehead atoms. The molecule has 0 saturated carbocycles. The zero-order chi connectivity index (χ0) is 15.5. The quantitative estimate of drug-likeness (QED) is 0.716. The highest BCUT2D eigenvalue weighted by Crippen LogP contribution is 2.54. The Labute approximate surface area is 129 Å². The molecule has 2 aliphatic heterocycles. The second kappa shape index (κ2) is 4.13. The molecule has 0 fully saturated rings. The highest BCUT2D eigenvalue weighted by molar-refractivity contribution is 5.72. The molecule has 2 aromatic carbocycles. The number of hydrogen-bond donors (Lipinski definition) is 0. The normalized spacial score (nSPS) is 24.1. The average molecular weight is 295 g/mol. The molecule has 0 saturated heterocycles. The van der Waals surface area contributed by atoms with Crippen molar-refractivity contribution in [3.05, 3.63) is 65.5 Å². The highest BCUT2D eigenvalue weighted by atomic mass is 19.1. The number of rotatable bonds is 0. The molecule has 2 nitrogen and oxygen atoms in total. The van der Waals surface area contributed by atoms with Gasteiger partial charge in [-0.1, -0.05) is 30.3 Å². The molecule has 0 amide bonds. The monoisotopic (exact) mass is 295 g/mol. The largest absolute Gasteiger partial charge is 0.460 e. The van der Waals surface area contributed by atoms with Crippen molar-refractivity contribution < 1.29 is 9.13 Å². The van der Waals surface area contributed by atoms with Gasteiger partial charge in [0.25, 0.3) is 0 Å². The molecule has 0 aliphatic carbocycles. The van der Waals surface area contributed by atoms with E-state index in [2.05, 4.69) is 37.0 Å². The Kier molecular flexibility index (Phi) is 2.51. The summed E-state index contributed by atoms with van der Waals surface area (Å²) in [6.07, 6.45) is 4.01. The first-order chi connectivity index (χ1) is 10.5. The number of likely N-dealkylation sites (N-methyl/N-ethyl adjacent to an activating group) is 1. The molecule has 1 unspecified atom stereocenters. The lowest BCUT2D eigenvalue weighted by atomic mass is 9.76. The average Bonchev–Trinajstić information content (AvgIpc) is 2.68. The summed E-state index contributed by atoms with van der Waals surface area (Å²) in [5, 5.41) is 0. The first-order valence-corrected chi connectivity index (χ1v) is 7.47. The van der Waals surface area contributed by atoms with Crippen LogP contribution in [0.1, 0.15) is 25.0 Å². The molecular formula is C19H18FNO. The van der Waals surface area contributed by atoms with E-state index < -0.39 is 5.72 Å². The van der Waals surface area contributed by atoms with Gasteiger partial charge in [-0.15, -0.1) is 0 Å². The lowest BCUT2D eigenvalue weighted by Crippen LogP contribution is -2.58. The fourth-order valence-electron chi connectivity index (χ4n) is 3.76. The van der Waals surface area contributed by atoms with Crippen molar-refractivity contribution >= 4 is 11.8 Å². The predicted octanol–water partition coefficient (Wildman–Crippen LogP) is 4.36. The van der Waals surface area contributed by atoms with Crippen LogP contribution in [0.3, 0.4) is 0 Å². The minimum Gasteiger partial charge on any atom is -0.460 e. The first-order valence-electron chi connectivity index (χ1n) is 7.47. The Morgan fingerprint density at radius 1 is 1.05 bits per heavy atom. The number of para-hydroxylation sites is 2. The van der Waals surface area contributed by atoms with Crippen LogP contribution in [0, 0.1) is 5.82 Å². The van der Waals surface area contributed by atoms with Gasteiger partial charge in [0, 0.05) is 18.3 Å². The van der Waals surface area contributed by atoms with Crippen LogP contribution >= 0.6 is 0 Å². The summed E-state index contributed by atoms with van der Waals surface area (Å²) in [5.41, 5.74) is 2.10. The number of halogens is 1. The minimum atomic E-state index is -0.716. The Morgan fingerprint density at radius 3 is 2.59 bits per heavy atom. The van der Waals surface area contributed by atoms with Crippen LogP contribution in [0.4, 0.5) is 10.1 Å². The third-order valence-electron chi connectivity index (χ3n) is 5.08. The molecule has 22 heavy (non-hydrogen) atoms. The van der Waals surface area contributed by atoms with E-state index in [1.165, 1.54) is 11.6 Å². The Bertz CT molecular complexity index is 796. The number of benzene rings is 2. The SMILES string of the molecule is CN1c2ccccc2C(C)(C)C12C=Cc1cccc(F)c1O2. The van der Waals surface area contributed by atoms with E-state index >= 15 is 0 Å². The second-order valence-electron chi connectivity index (χ2n) is 6.49. The molecule has 2 aliphatic rings. The van der Waals surface area contributed by atoms with Crippen LogP contribution < -0.4 is 9.64 Å². The first kappa shape index (κ1) is 13.4. The van der Waals surface area contributed by atoms with E-state index in [0.717, 1.165) is 11.3 Å². The van der Waals surface area contributed by atoms with Crippen molar-refractivity contribution in [2.45, 2.75) is 25.0 Å². The van der Waals surface area contributed by atoms with Gasteiger partial charge in [0.05, 0.1) is 5.41 Å². The van der Waals surface area contributed by atoms with Gasteiger partial charge in [-0.05, 0) is 43.7 Å². The molecule has 0 N–H and O–H groups in total. The number of nitrogens with zero attached hydrogens (tertiary/aromatic N) is 1. The predicted molar refractivity (Wildman–Crippen MR) is 86.7 cm³/mol. The number of fused-ring (bicyclic) bond motifs is 2. The molecule has 0 aromatic heterocycles. The zero-order valence-corrected chi connectivity index (χ0v) is 12.9. The van der Waals surface area contributed by atoms with E-state index in [1.807, 2.05) is 31.3 Å². The van der Waals surface area contributed by atoms with Crippen LogP contribution in [-0.2, 0) is 5.41 Å². The van der Waals surface area contributed by atoms with Crippen molar-refractivity contribution in [1.82, 2.24) is 0 Å². The topological polar surface area (TPSA) is 12.5 Å². The van der Waals surface area contributed by atoms with Crippen LogP contribution in [0.5, 0.6) is 5.75 Å². The van der Waals surface area contributed by atoms with Gasteiger partial charge in [-0.3, -0.25) is 0 Å². The van der Waals surface area contributed by atoms with Crippen LogP contribution in [-0.4, -0.2) is 12.8 Å². The summed E-state index contributed by atoms with van der Waals surface area (Å²) in [6, 6.07) is 13.3. The van der Waals surface area contributed by atoms with Crippen molar-refractivity contribution in [1.29, 1.82) is 0 Å². The molecule has 1 spiro atoms. The summed E-state index contributed by atoms with van der Waals surface area (Å²) < 4.78 is 20.5. The van der Waals surface area contributed by atoms with Crippen LogP contribution in [0.2, 0.25) is 0 Å². The van der Waals surface area contributed by atoms with Crippen LogP contribution in [0.25, 0.3) is 6.08 Å². The lowest BCUT2D eigenvalue weighted by molar-refractivity contribution is 0.0539. The number of ether oxygens (including phenoxy) is 1. The molecule has 2 aromatic rings. The fraction of sp³-hybridized carbons (Fsp3) is 0.263. The third kappa shape index (κ3) is 1.43. The van der Waals surface area contributed by atoms with Gasteiger partial charge >= 0.3 is 0 Å². The minimum absolute atomic E-state index is 0.297. The summed E-state index contributed by atoms with van der Waals surface area (Å²) in [4.78, 5) is 2.11. The van der Waals surface area contributed by atoms with Crippen molar-refractivity contribution in [2.24, 2.45) is 0 Å². The fourth-order valence-corrected chi connectivity index (χ4v) is 3.76. The van der Waals surface area contributed by atoms with E-state index in [-0.39, 0.29) is 11.2 Å². The summed E-state index contributed by atoms with van der Waals surface area (Å²) in [5.74, 6) is 0.0131. The molecule has 1 atom stereocenters. The van der Waals surface area contributed by atoms with Gasteiger partial charge in [0.2, 0.25) is 5.72 Å². The molecular weight excluding hydrogens is 277 g/mol. The van der Waals surface area contributed by atoms with E-state index in [0.29, 0.717) is 5.75 Å². The van der Waals surface area contributed by atoms with Gasteiger partial charge in [-0.2, -0.15) is 0 Å². The third-order valence-corrected chi connectivity index (χ3v) is 5.08. The summed E-state index contributed by atoms with van der Waals surface area (Å²) in [7, 11) is 2.00. The van der Waals surface area contributed by atoms with Crippen molar-refractivity contribution in [2.75, 3.05) is 11.9 Å². The zero-order valence-electron chi connectivity index (χ0n) is 12.9. The van der Waals surface area contributed by atoms with E-state index in [4.69, 9.17) is 4.74 Å². The maximum atomic E-state index is 14.2. The number of anilines is 1. The smallest absolute Gasteiger partial charge is 0.212 e. The maximum absolute atomic E-state index is 14.2. The molecule has 112 valence electrons. The van der Waals surface area contributed by atoms with E-state index in [1.54, 1.807) is 6.07 Å². The highest BCUT2D eigenvalue weighted by Gasteiger charge is 2.57. The van der Waals surface area contributed by atoms with Crippen molar-refractivity contribution in [3.63, 3.8) is 0 Å². The standard InChI is InChI=1S/C19H18FNO/c1-18(2)14-8-4-5-10-16(14)21(3)19(18)12-11-13-7-6-9-15(20)17(13)22-19/h4-12H,1-3H3. The molecule has 2 heterocycles. The van der Waals surface area contributed by atoms with Gasteiger partial charge in [0.1, 0.15) is 0 Å². The Hall–Kier alpha value is -2.29. The summed E-state index contributed by atoms with van der Waals surface area (Å²) >= 11 is 0. The maximum Gasteiger partial charge on any atom is 0.212 e. The lowest BCUT2D eigenvalue weighted by Gasteiger charge is -2.45. The molecule has 3 heteroatoms. The summed E-state index contributed by atoms with van der Waals surface area (Å²) in [6.45, 7) is 4.29. The molecule has 4 rings (SSSR count). The van der Waals surface area contributed by atoms with Gasteiger partial charge < -0.3 is 9.64 Å². The number of hydrogen-bond acceptors (Lipinski definition) is 2.